The van der Waals surface area contributed by atoms with E-state index < -0.39 is 30.0 Å². The van der Waals surface area contributed by atoms with Gasteiger partial charge in [0.1, 0.15) is 11.4 Å². The van der Waals surface area contributed by atoms with Crippen LogP contribution < -0.4 is 10.6 Å². The van der Waals surface area contributed by atoms with Crippen molar-refractivity contribution in [1.82, 2.24) is 9.78 Å². The molecular weight excluding hydrogens is 352 g/mol. The third-order valence-electron chi connectivity index (χ3n) is 4.29. The van der Waals surface area contributed by atoms with Crippen LogP contribution in [0.4, 0.5) is 23.4 Å². The summed E-state index contributed by atoms with van der Waals surface area (Å²) in [4.78, 5) is 13.3. The second kappa shape index (κ2) is 6.97. The molecule has 9 heteroatoms. The highest BCUT2D eigenvalue weighted by molar-refractivity contribution is 5.99. The second-order valence-corrected chi connectivity index (χ2v) is 6.17. The van der Waals surface area contributed by atoms with Crippen LogP contribution in [0.5, 0.6) is 0 Å². The molecule has 1 aliphatic heterocycles. The van der Waals surface area contributed by atoms with Crippen LogP contribution in [0.25, 0.3) is 0 Å². The van der Waals surface area contributed by atoms with Crippen LogP contribution in [0, 0.1) is 0 Å². The van der Waals surface area contributed by atoms with Crippen LogP contribution in [0.3, 0.4) is 0 Å². The predicted octanol–water partition coefficient (Wildman–Crippen LogP) is 2.92. The first-order chi connectivity index (χ1) is 12.3. The first-order valence-corrected chi connectivity index (χ1v) is 8.17. The summed E-state index contributed by atoms with van der Waals surface area (Å²) in [7, 11) is 0. The Labute approximate surface area is 147 Å². The lowest BCUT2D eigenvalue weighted by molar-refractivity contribution is -0.141. The van der Waals surface area contributed by atoms with Crippen molar-refractivity contribution in [3.8, 4) is 0 Å². The molecule has 2 N–H and O–H groups in total. The third kappa shape index (κ3) is 3.51. The Hall–Kier alpha value is -2.58. The number of hydrogen-bond acceptors (Lipinski definition) is 3. The fourth-order valence-corrected chi connectivity index (χ4v) is 3.21. The maximum Gasteiger partial charge on any atom is 0.436 e. The zero-order chi connectivity index (χ0) is 18.9. The SMILES string of the molecule is NC(=O)c1c(C(F)(F)F)nn2c1N(Cc1cccc(CCCF)c1)CC2. The second-order valence-electron chi connectivity index (χ2n) is 6.17. The summed E-state index contributed by atoms with van der Waals surface area (Å²) in [5.41, 5.74) is 5.18. The summed E-state index contributed by atoms with van der Waals surface area (Å²) in [5.74, 6) is -1.05. The summed E-state index contributed by atoms with van der Waals surface area (Å²) < 4.78 is 53.0. The van der Waals surface area contributed by atoms with Crippen molar-refractivity contribution in [3.63, 3.8) is 0 Å². The summed E-state index contributed by atoms with van der Waals surface area (Å²) in [5, 5.41) is 3.54. The van der Waals surface area contributed by atoms with Crippen LogP contribution in [0.15, 0.2) is 24.3 Å². The highest BCUT2D eigenvalue weighted by atomic mass is 19.4. The lowest BCUT2D eigenvalue weighted by atomic mass is 10.1. The molecule has 0 radical (unpaired) electrons. The number of anilines is 1. The molecule has 0 saturated heterocycles. The maximum absolute atomic E-state index is 13.2. The van der Waals surface area contributed by atoms with Gasteiger partial charge in [-0.3, -0.25) is 9.18 Å². The van der Waals surface area contributed by atoms with Crippen LogP contribution in [0.1, 0.15) is 33.6 Å². The van der Waals surface area contributed by atoms with E-state index in [1.807, 2.05) is 24.3 Å². The average Bonchev–Trinajstić information content (AvgIpc) is 3.13. The summed E-state index contributed by atoms with van der Waals surface area (Å²) >= 11 is 0. The number of rotatable bonds is 6. The molecule has 5 nitrogen and oxygen atoms in total. The van der Waals surface area contributed by atoms with Crippen molar-refractivity contribution in [2.45, 2.75) is 32.1 Å². The summed E-state index contributed by atoms with van der Waals surface area (Å²) in [6.45, 7) is 0.577. The molecule has 0 atom stereocenters. The van der Waals surface area contributed by atoms with Crippen molar-refractivity contribution < 1.29 is 22.4 Å². The molecule has 2 heterocycles. The third-order valence-corrected chi connectivity index (χ3v) is 4.29. The topological polar surface area (TPSA) is 64.2 Å². The van der Waals surface area contributed by atoms with E-state index in [4.69, 9.17) is 5.73 Å². The molecule has 0 aliphatic carbocycles. The van der Waals surface area contributed by atoms with Crippen LogP contribution in [-0.4, -0.2) is 28.9 Å². The van der Waals surface area contributed by atoms with E-state index in [1.165, 1.54) is 4.68 Å². The van der Waals surface area contributed by atoms with Gasteiger partial charge in [-0.15, -0.1) is 0 Å². The number of nitrogens with two attached hydrogens (primary N) is 1. The number of nitrogens with zero attached hydrogens (tertiary/aromatic N) is 3. The Morgan fingerprint density at radius 3 is 2.62 bits per heavy atom. The molecule has 1 aromatic carbocycles. The van der Waals surface area contributed by atoms with Gasteiger partial charge >= 0.3 is 6.18 Å². The minimum atomic E-state index is -4.75. The Morgan fingerprint density at radius 2 is 1.96 bits per heavy atom. The zero-order valence-corrected chi connectivity index (χ0v) is 13.9. The molecule has 0 spiro atoms. The first kappa shape index (κ1) is 18.2. The first-order valence-electron chi connectivity index (χ1n) is 8.17. The van der Waals surface area contributed by atoms with Gasteiger partial charge < -0.3 is 10.6 Å². The molecule has 0 unspecified atom stereocenters. The molecule has 140 valence electrons. The largest absolute Gasteiger partial charge is 0.436 e. The fraction of sp³-hybridized carbons (Fsp3) is 0.412. The van der Waals surface area contributed by atoms with Crippen molar-refractivity contribution >= 4 is 11.7 Å². The number of primary amides is 1. The smallest absolute Gasteiger partial charge is 0.365 e. The van der Waals surface area contributed by atoms with Gasteiger partial charge in [0.2, 0.25) is 0 Å². The summed E-state index contributed by atoms with van der Waals surface area (Å²) in [6.07, 6.45) is -3.74. The number of hydrogen-bond donors (Lipinski definition) is 1. The molecule has 1 aromatic heterocycles. The van der Waals surface area contributed by atoms with Crippen LogP contribution >= 0.6 is 0 Å². The van der Waals surface area contributed by atoms with Gasteiger partial charge in [-0.05, 0) is 24.0 Å². The molecule has 26 heavy (non-hydrogen) atoms. The molecule has 2 aromatic rings. The molecule has 1 amide bonds. The Kier molecular flexibility index (Phi) is 4.88. The molecule has 0 bridgehead atoms. The molecule has 1 aliphatic rings. The van der Waals surface area contributed by atoms with E-state index >= 15 is 0 Å². The van der Waals surface area contributed by atoms with Gasteiger partial charge in [0, 0.05) is 13.1 Å². The maximum atomic E-state index is 13.2. The fourth-order valence-electron chi connectivity index (χ4n) is 3.21. The van der Waals surface area contributed by atoms with Crippen molar-refractivity contribution in [1.29, 1.82) is 0 Å². The summed E-state index contributed by atoms with van der Waals surface area (Å²) in [6, 6.07) is 7.44. The van der Waals surface area contributed by atoms with E-state index in [0.29, 0.717) is 25.9 Å². The Balaban J connectivity index is 1.90. The van der Waals surface area contributed by atoms with E-state index in [2.05, 4.69) is 5.10 Å². The number of halogens is 4. The minimum absolute atomic E-state index is 0.0963. The van der Waals surface area contributed by atoms with Gasteiger partial charge in [-0.2, -0.15) is 18.3 Å². The number of carbonyl (C=O) groups is 1. The standard InChI is InChI=1S/C17H18F4N4O/c18-6-2-5-11-3-1-4-12(9-11)10-24-7-8-25-16(24)13(15(22)26)14(23-25)17(19,20)21/h1,3-4,9H,2,5-8,10H2,(H2,22,26). The normalized spacial score (nSPS) is 13.9. The number of aromatic nitrogens is 2. The Bertz CT molecular complexity index is 816. The highest BCUT2D eigenvalue weighted by Crippen LogP contribution is 2.38. The molecule has 3 rings (SSSR count). The van der Waals surface area contributed by atoms with E-state index in [-0.39, 0.29) is 12.4 Å². The van der Waals surface area contributed by atoms with Gasteiger partial charge in [0.05, 0.1) is 13.2 Å². The Morgan fingerprint density at radius 1 is 1.23 bits per heavy atom. The van der Waals surface area contributed by atoms with Gasteiger partial charge in [-0.1, -0.05) is 24.3 Å². The number of benzene rings is 1. The van der Waals surface area contributed by atoms with Crippen molar-refractivity contribution in [2.75, 3.05) is 18.1 Å². The number of carbonyl (C=O) groups excluding carboxylic acids is 1. The van der Waals surface area contributed by atoms with Crippen molar-refractivity contribution in [3.05, 3.63) is 46.6 Å². The predicted molar refractivity (Wildman–Crippen MR) is 87.5 cm³/mol. The molecule has 0 fully saturated rings. The average molecular weight is 370 g/mol. The van der Waals surface area contributed by atoms with E-state index in [9.17, 15) is 22.4 Å². The minimum Gasteiger partial charge on any atom is -0.365 e. The van der Waals surface area contributed by atoms with E-state index in [1.54, 1.807) is 4.90 Å². The quantitative estimate of drug-likeness (QED) is 0.796. The monoisotopic (exact) mass is 370 g/mol. The molecule has 0 saturated carbocycles. The van der Waals surface area contributed by atoms with Gasteiger partial charge in [0.15, 0.2) is 5.69 Å². The van der Waals surface area contributed by atoms with Crippen LogP contribution in [-0.2, 0) is 25.7 Å². The van der Waals surface area contributed by atoms with Gasteiger partial charge in [-0.25, -0.2) is 4.68 Å². The lowest BCUT2D eigenvalue weighted by Crippen LogP contribution is -2.25. The number of alkyl halides is 4. The van der Waals surface area contributed by atoms with E-state index in [0.717, 1.165) is 11.1 Å². The van der Waals surface area contributed by atoms with Crippen molar-refractivity contribution in [2.24, 2.45) is 5.73 Å². The number of fused-ring (bicyclic) bond motifs is 1. The lowest BCUT2D eigenvalue weighted by Gasteiger charge is -2.19. The zero-order valence-electron chi connectivity index (χ0n) is 13.9. The molecular formula is C17H18F4N4O. The van der Waals surface area contributed by atoms with Gasteiger partial charge in [0.25, 0.3) is 5.91 Å². The highest BCUT2D eigenvalue weighted by Gasteiger charge is 2.43. The number of amides is 1. The van der Waals surface area contributed by atoms with Crippen LogP contribution in [0.2, 0.25) is 0 Å². The number of aryl methyl sites for hydroxylation is 1.